The van der Waals surface area contributed by atoms with Crippen LogP contribution in [0.25, 0.3) is 0 Å². The molecule has 0 saturated heterocycles. The number of para-hydroxylation sites is 1. The van der Waals surface area contributed by atoms with E-state index in [2.05, 4.69) is 19.2 Å². The zero-order valence-electron chi connectivity index (χ0n) is 17.4. The minimum absolute atomic E-state index is 0.235. The number of anilines is 1. The highest BCUT2D eigenvalue weighted by Crippen LogP contribution is 2.32. The van der Waals surface area contributed by atoms with Crippen LogP contribution in [0.2, 0.25) is 0 Å². The first-order valence-electron chi connectivity index (χ1n) is 10.7. The van der Waals surface area contributed by atoms with Crippen molar-refractivity contribution in [1.29, 1.82) is 0 Å². The molecule has 5 heteroatoms. The van der Waals surface area contributed by atoms with Crippen LogP contribution in [0.3, 0.4) is 0 Å². The summed E-state index contributed by atoms with van der Waals surface area (Å²) in [5.41, 5.74) is 2.40. The minimum atomic E-state index is -0.462. The van der Waals surface area contributed by atoms with Crippen molar-refractivity contribution in [3.05, 3.63) is 59.4 Å². The van der Waals surface area contributed by atoms with Gasteiger partial charge in [0.25, 0.3) is 0 Å². The van der Waals surface area contributed by atoms with E-state index in [1.54, 1.807) is 12.1 Å². The van der Waals surface area contributed by atoms with Gasteiger partial charge >= 0.3 is 6.09 Å². The van der Waals surface area contributed by atoms with Crippen molar-refractivity contribution in [3.63, 3.8) is 0 Å². The zero-order chi connectivity index (χ0) is 20.6. The van der Waals surface area contributed by atoms with Crippen LogP contribution in [-0.4, -0.2) is 25.2 Å². The molecular formula is C24H31FN2O2. The van der Waals surface area contributed by atoms with Crippen molar-refractivity contribution in [2.45, 2.75) is 58.4 Å². The second-order valence-electron chi connectivity index (χ2n) is 7.73. The summed E-state index contributed by atoms with van der Waals surface area (Å²) in [6.45, 7) is 5.90. The molecule has 1 heterocycles. The molecule has 1 unspecified atom stereocenters. The average Bonchev–Trinajstić information content (AvgIpc) is 3.13. The summed E-state index contributed by atoms with van der Waals surface area (Å²) >= 11 is 0. The first kappa shape index (κ1) is 21.3. The van der Waals surface area contributed by atoms with Crippen LogP contribution in [0, 0.1) is 5.82 Å². The van der Waals surface area contributed by atoms with Crippen LogP contribution in [0.1, 0.15) is 50.7 Å². The monoisotopic (exact) mass is 398 g/mol. The van der Waals surface area contributed by atoms with Crippen LogP contribution in [0.4, 0.5) is 14.9 Å². The van der Waals surface area contributed by atoms with E-state index in [0.717, 1.165) is 56.2 Å². The third-order valence-electron chi connectivity index (χ3n) is 5.54. The summed E-state index contributed by atoms with van der Waals surface area (Å²) < 4.78 is 20.1. The van der Waals surface area contributed by atoms with E-state index in [0.29, 0.717) is 24.0 Å². The predicted molar refractivity (Wildman–Crippen MR) is 115 cm³/mol. The van der Waals surface area contributed by atoms with E-state index in [4.69, 9.17) is 4.74 Å². The molecule has 0 aromatic heterocycles. The quantitative estimate of drug-likeness (QED) is 0.568. The van der Waals surface area contributed by atoms with E-state index in [1.807, 2.05) is 24.3 Å². The normalized spacial score (nSPS) is 14.0. The number of benzene rings is 2. The van der Waals surface area contributed by atoms with Gasteiger partial charge in [-0.1, -0.05) is 37.6 Å². The van der Waals surface area contributed by atoms with E-state index >= 15 is 0 Å². The maximum Gasteiger partial charge on any atom is 0.419 e. The van der Waals surface area contributed by atoms with Crippen LogP contribution in [0.15, 0.2) is 42.5 Å². The lowest BCUT2D eigenvalue weighted by Crippen LogP contribution is -2.31. The Morgan fingerprint density at radius 2 is 2.00 bits per heavy atom. The van der Waals surface area contributed by atoms with Gasteiger partial charge in [-0.25, -0.2) is 9.18 Å². The number of halogens is 1. The van der Waals surface area contributed by atoms with Crippen LogP contribution < -0.4 is 15.0 Å². The second-order valence-corrected chi connectivity index (χ2v) is 7.73. The number of unbranched alkanes of at least 4 members (excludes halogenated alkanes) is 2. The molecule has 2 aromatic rings. The fraction of sp³-hybridized carbons (Fsp3) is 0.458. The summed E-state index contributed by atoms with van der Waals surface area (Å²) in [7, 11) is 0. The minimum Gasteiger partial charge on any atom is -0.410 e. The SMILES string of the molecule is CCC(C)NCCCCCc1cc2c(cc1F)N(C(=O)Oc1ccccc1)CC2. The summed E-state index contributed by atoms with van der Waals surface area (Å²) in [4.78, 5) is 14.0. The van der Waals surface area contributed by atoms with Gasteiger partial charge in [0.2, 0.25) is 0 Å². The number of amides is 1. The molecule has 3 rings (SSSR count). The third kappa shape index (κ3) is 5.80. The van der Waals surface area contributed by atoms with E-state index in [1.165, 1.54) is 11.0 Å². The van der Waals surface area contributed by atoms with Gasteiger partial charge in [0, 0.05) is 12.6 Å². The lowest BCUT2D eigenvalue weighted by molar-refractivity contribution is 0.208. The van der Waals surface area contributed by atoms with Gasteiger partial charge in [0.05, 0.1) is 5.69 Å². The molecule has 1 N–H and O–H groups in total. The topological polar surface area (TPSA) is 41.6 Å². The highest BCUT2D eigenvalue weighted by molar-refractivity contribution is 5.91. The molecule has 0 saturated carbocycles. The summed E-state index contributed by atoms with van der Waals surface area (Å²) in [5, 5.41) is 3.49. The molecule has 0 fully saturated rings. The number of carbonyl (C=O) groups is 1. The molecule has 156 valence electrons. The Hall–Kier alpha value is -2.40. The number of hydrogen-bond acceptors (Lipinski definition) is 3. The number of carbonyl (C=O) groups excluding carboxylic acids is 1. The van der Waals surface area contributed by atoms with Gasteiger partial charge in [-0.05, 0) is 74.9 Å². The Bertz CT molecular complexity index is 810. The first-order chi connectivity index (χ1) is 14.1. The Labute approximate surface area is 173 Å². The molecule has 1 amide bonds. The maximum atomic E-state index is 14.6. The molecule has 4 nitrogen and oxygen atoms in total. The van der Waals surface area contributed by atoms with Gasteiger partial charge in [-0.3, -0.25) is 4.90 Å². The Morgan fingerprint density at radius 3 is 2.76 bits per heavy atom. The second kappa shape index (κ2) is 10.4. The standard InChI is InChI=1S/C24H31FN2O2/c1-3-18(2)26-14-9-5-6-10-19-16-20-13-15-27(23(20)17-22(19)25)24(28)29-21-11-7-4-8-12-21/h4,7-8,11-12,16-18,26H,3,5-6,9-10,13-15H2,1-2H3. The van der Waals surface area contributed by atoms with Crippen molar-refractivity contribution in [2.75, 3.05) is 18.0 Å². The van der Waals surface area contributed by atoms with Crippen molar-refractivity contribution >= 4 is 11.8 Å². The molecule has 29 heavy (non-hydrogen) atoms. The molecule has 0 spiro atoms. The molecule has 1 aliphatic rings. The van der Waals surface area contributed by atoms with Crippen LogP contribution in [0.5, 0.6) is 5.75 Å². The molecule has 2 aromatic carbocycles. The number of ether oxygens (including phenoxy) is 1. The Balaban J connectivity index is 1.53. The molecule has 0 aliphatic carbocycles. The third-order valence-corrected chi connectivity index (χ3v) is 5.54. The van der Waals surface area contributed by atoms with Crippen molar-refractivity contribution in [1.82, 2.24) is 5.32 Å². The fourth-order valence-corrected chi connectivity index (χ4v) is 3.60. The van der Waals surface area contributed by atoms with Crippen LogP contribution in [-0.2, 0) is 12.8 Å². The number of rotatable bonds is 9. The summed E-state index contributed by atoms with van der Waals surface area (Å²) in [6.07, 6.45) is 5.29. The molecule has 1 aliphatic heterocycles. The zero-order valence-corrected chi connectivity index (χ0v) is 17.4. The Morgan fingerprint density at radius 1 is 1.21 bits per heavy atom. The van der Waals surface area contributed by atoms with Crippen LogP contribution >= 0.6 is 0 Å². The predicted octanol–water partition coefficient (Wildman–Crippen LogP) is 5.49. The highest BCUT2D eigenvalue weighted by atomic mass is 19.1. The average molecular weight is 399 g/mol. The smallest absolute Gasteiger partial charge is 0.410 e. The number of nitrogens with zero attached hydrogens (tertiary/aromatic N) is 1. The van der Waals surface area contributed by atoms with Gasteiger partial charge < -0.3 is 10.1 Å². The lowest BCUT2D eigenvalue weighted by Gasteiger charge is -2.17. The van der Waals surface area contributed by atoms with Crippen molar-refractivity contribution in [3.8, 4) is 5.75 Å². The molecular weight excluding hydrogens is 367 g/mol. The molecule has 0 bridgehead atoms. The van der Waals surface area contributed by atoms with Crippen molar-refractivity contribution in [2.24, 2.45) is 0 Å². The van der Waals surface area contributed by atoms with Gasteiger partial charge in [-0.2, -0.15) is 0 Å². The van der Waals surface area contributed by atoms with E-state index in [9.17, 15) is 9.18 Å². The van der Waals surface area contributed by atoms with Gasteiger partial charge in [0.15, 0.2) is 0 Å². The summed E-state index contributed by atoms with van der Waals surface area (Å²) in [5.74, 6) is 0.256. The number of aryl methyl sites for hydroxylation is 1. The number of hydrogen-bond donors (Lipinski definition) is 1. The van der Waals surface area contributed by atoms with E-state index in [-0.39, 0.29) is 5.82 Å². The maximum absolute atomic E-state index is 14.6. The lowest BCUT2D eigenvalue weighted by atomic mass is 10.0. The first-order valence-corrected chi connectivity index (χ1v) is 10.7. The van der Waals surface area contributed by atoms with E-state index < -0.39 is 6.09 Å². The van der Waals surface area contributed by atoms with Gasteiger partial charge in [0.1, 0.15) is 11.6 Å². The molecule has 0 radical (unpaired) electrons. The summed E-state index contributed by atoms with van der Waals surface area (Å²) in [6, 6.07) is 12.9. The largest absolute Gasteiger partial charge is 0.419 e. The number of nitrogens with one attached hydrogen (secondary N) is 1. The Kier molecular flexibility index (Phi) is 7.64. The van der Waals surface area contributed by atoms with Gasteiger partial charge in [-0.15, -0.1) is 0 Å². The molecule has 1 atom stereocenters. The highest BCUT2D eigenvalue weighted by Gasteiger charge is 2.27. The van der Waals surface area contributed by atoms with Crippen molar-refractivity contribution < 1.29 is 13.9 Å². The number of fused-ring (bicyclic) bond motifs is 1. The fourth-order valence-electron chi connectivity index (χ4n) is 3.60.